The first-order valence-electron chi connectivity index (χ1n) is 7.09. The van der Waals surface area contributed by atoms with Gasteiger partial charge < -0.3 is 0 Å². The van der Waals surface area contributed by atoms with Crippen molar-refractivity contribution >= 4 is 0 Å². The Hall–Kier alpha value is -1.62. The Morgan fingerprint density at radius 2 is 2.21 bits per heavy atom. The first kappa shape index (κ1) is 13.8. The first-order valence-corrected chi connectivity index (χ1v) is 7.09. The molecular weight excluding hydrogens is 237 g/mol. The van der Waals surface area contributed by atoms with Crippen LogP contribution in [0.1, 0.15) is 50.2 Å². The lowest BCUT2D eigenvalue weighted by Crippen LogP contribution is -2.05. The average Bonchev–Trinajstić information content (AvgIpc) is 2.46. The molecule has 0 saturated heterocycles. The highest BCUT2D eigenvalue weighted by atomic mass is 19.1. The summed E-state index contributed by atoms with van der Waals surface area (Å²) in [5.41, 5.74) is 2.62. The molecule has 1 aromatic rings. The van der Waals surface area contributed by atoms with Crippen LogP contribution >= 0.6 is 0 Å². The predicted octanol–water partition coefficient (Wildman–Crippen LogP) is 4.77. The first-order chi connectivity index (χ1) is 9.22. The van der Waals surface area contributed by atoms with Gasteiger partial charge in [0.25, 0.3) is 0 Å². The highest BCUT2D eigenvalue weighted by Crippen LogP contribution is 2.28. The Kier molecular flexibility index (Phi) is 4.74. The standard InChI is InChI=1S/C17H20FN/c1-2-13-3-5-14(6-4-13)7-8-15-9-10-16(12-19)17(18)11-15/h5,9-11,13H,2-4,6-8H2,1H3. The van der Waals surface area contributed by atoms with Crippen LogP contribution in [0.2, 0.25) is 0 Å². The second kappa shape index (κ2) is 6.52. The van der Waals surface area contributed by atoms with Crippen LogP contribution in [0.15, 0.2) is 29.8 Å². The van der Waals surface area contributed by atoms with Crippen LogP contribution < -0.4 is 0 Å². The van der Waals surface area contributed by atoms with E-state index < -0.39 is 5.82 Å². The van der Waals surface area contributed by atoms with Crippen molar-refractivity contribution in [2.75, 3.05) is 0 Å². The maximum Gasteiger partial charge on any atom is 0.141 e. The van der Waals surface area contributed by atoms with Crippen molar-refractivity contribution < 1.29 is 4.39 Å². The molecule has 0 N–H and O–H groups in total. The summed E-state index contributed by atoms with van der Waals surface area (Å²) in [5.74, 6) is 0.458. The Morgan fingerprint density at radius 3 is 2.79 bits per heavy atom. The monoisotopic (exact) mass is 257 g/mol. The summed E-state index contributed by atoms with van der Waals surface area (Å²) in [6.07, 6.45) is 9.21. The van der Waals surface area contributed by atoms with Gasteiger partial charge in [0.1, 0.15) is 11.9 Å². The molecule has 0 heterocycles. The molecule has 100 valence electrons. The summed E-state index contributed by atoms with van der Waals surface area (Å²) in [5, 5.41) is 8.69. The Bertz CT molecular complexity index is 510. The zero-order chi connectivity index (χ0) is 13.7. The Morgan fingerprint density at radius 1 is 1.37 bits per heavy atom. The lowest BCUT2D eigenvalue weighted by molar-refractivity contribution is 0.450. The minimum Gasteiger partial charge on any atom is -0.206 e. The van der Waals surface area contributed by atoms with Gasteiger partial charge in [0.15, 0.2) is 0 Å². The summed E-state index contributed by atoms with van der Waals surface area (Å²) in [6.45, 7) is 2.25. The van der Waals surface area contributed by atoms with Crippen LogP contribution in [0.5, 0.6) is 0 Å². The van der Waals surface area contributed by atoms with Crippen LogP contribution in [0.25, 0.3) is 0 Å². The zero-order valence-corrected chi connectivity index (χ0v) is 11.5. The molecule has 0 fully saturated rings. The van der Waals surface area contributed by atoms with E-state index >= 15 is 0 Å². The SMILES string of the molecule is CCC1CC=C(CCc2ccc(C#N)c(F)c2)CC1. The predicted molar refractivity (Wildman–Crippen MR) is 75.2 cm³/mol. The summed E-state index contributed by atoms with van der Waals surface area (Å²) in [4.78, 5) is 0. The summed E-state index contributed by atoms with van der Waals surface area (Å²) in [6, 6.07) is 6.79. The van der Waals surface area contributed by atoms with Crippen molar-refractivity contribution in [2.24, 2.45) is 5.92 Å². The fourth-order valence-corrected chi connectivity index (χ4v) is 2.65. The van der Waals surface area contributed by atoms with E-state index in [1.165, 1.54) is 37.3 Å². The van der Waals surface area contributed by atoms with Crippen LogP contribution in [0.4, 0.5) is 4.39 Å². The number of nitriles is 1. The molecule has 0 radical (unpaired) electrons. The maximum atomic E-state index is 13.5. The normalized spacial score (nSPS) is 18.8. The van der Waals surface area contributed by atoms with Crippen molar-refractivity contribution in [3.05, 3.63) is 46.8 Å². The molecule has 0 aliphatic heterocycles. The Labute approximate surface area is 114 Å². The maximum absolute atomic E-state index is 13.5. The molecule has 19 heavy (non-hydrogen) atoms. The number of aryl methyl sites for hydroxylation is 1. The lowest BCUT2D eigenvalue weighted by Gasteiger charge is -2.20. The van der Waals surface area contributed by atoms with Gasteiger partial charge in [0.2, 0.25) is 0 Å². The van der Waals surface area contributed by atoms with Gasteiger partial charge in [-0.3, -0.25) is 0 Å². The second-order valence-electron chi connectivity index (χ2n) is 5.34. The summed E-state index contributed by atoms with van der Waals surface area (Å²) in [7, 11) is 0. The molecule has 1 aliphatic carbocycles. The fourth-order valence-electron chi connectivity index (χ4n) is 2.65. The van der Waals surface area contributed by atoms with Crippen LogP contribution in [-0.4, -0.2) is 0 Å². The van der Waals surface area contributed by atoms with E-state index in [1.54, 1.807) is 6.07 Å². The van der Waals surface area contributed by atoms with E-state index in [0.717, 1.165) is 24.3 Å². The van der Waals surface area contributed by atoms with Gasteiger partial charge in [-0.2, -0.15) is 5.26 Å². The minimum atomic E-state index is -0.399. The molecule has 2 heteroatoms. The zero-order valence-electron chi connectivity index (χ0n) is 11.5. The minimum absolute atomic E-state index is 0.131. The summed E-state index contributed by atoms with van der Waals surface area (Å²) < 4.78 is 13.5. The molecule has 1 aromatic carbocycles. The molecule has 1 aliphatic rings. The number of nitrogens with zero attached hydrogens (tertiary/aromatic N) is 1. The molecule has 0 amide bonds. The summed E-state index contributed by atoms with van der Waals surface area (Å²) >= 11 is 0. The molecule has 1 unspecified atom stereocenters. The van der Waals surface area contributed by atoms with Gasteiger partial charge >= 0.3 is 0 Å². The molecule has 0 bridgehead atoms. The van der Waals surface area contributed by atoms with Crippen molar-refractivity contribution in [2.45, 2.75) is 45.4 Å². The largest absolute Gasteiger partial charge is 0.206 e. The number of benzene rings is 1. The number of hydrogen-bond donors (Lipinski definition) is 0. The number of allylic oxidation sites excluding steroid dienone is 2. The van der Waals surface area contributed by atoms with Gasteiger partial charge in [-0.05, 0) is 55.7 Å². The van der Waals surface area contributed by atoms with E-state index in [9.17, 15) is 4.39 Å². The number of halogens is 1. The van der Waals surface area contributed by atoms with Crippen LogP contribution in [-0.2, 0) is 6.42 Å². The molecule has 0 spiro atoms. The third kappa shape index (κ3) is 3.67. The van der Waals surface area contributed by atoms with Crippen molar-refractivity contribution in [1.29, 1.82) is 5.26 Å². The number of rotatable bonds is 4. The molecular formula is C17H20FN. The van der Waals surface area contributed by atoms with Gasteiger partial charge in [0, 0.05) is 0 Å². The second-order valence-corrected chi connectivity index (χ2v) is 5.34. The number of hydrogen-bond acceptors (Lipinski definition) is 1. The smallest absolute Gasteiger partial charge is 0.141 e. The van der Waals surface area contributed by atoms with Crippen LogP contribution in [0, 0.1) is 23.1 Å². The van der Waals surface area contributed by atoms with E-state index in [-0.39, 0.29) is 5.56 Å². The molecule has 1 nitrogen and oxygen atoms in total. The molecule has 1 atom stereocenters. The van der Waals surface area contributed by atoms with Gasteiger partial charge in [-0.1, -0.05) is 31.1 Å². The van der Waals surface area contributed by atoms with Gasteiger partial charge in [0.05, 0.1) is 5.56 Å². The topological polar surface area (TPSA) is 23.8 Å². The fraction of sp³-hybridized carbons (Fsp3) is 0.471. The third-order valence-corrected chi connectivity index (χ3v) is 4.08. The average molecular weight is 257 g/mol. The third-order valence-electron chi connectivity index (χ3n) is 4.08. The molecule has 0 aromatic heterocycles. The quantitative estimate of drug-likeness (QED) is 0.713. The van der Waals surface area contributed by atoms with Crippen molar-refractivity contribution in [3.63, 3.8) is 0 Å². The van der Waals surface area contributed by atoms with Crippen molar-refractivity contribution in [1.82, 2.24) is 0 Å². The van der Waals surface area contributed by atoms with E-state index in [0.29, 0.717) is 0 Å². The van der Waals surface area contributed by atoms with Gasteiger partial charge in [-0.15, -0.1) is 0 Å². The van der Waals surface area contributed by atoms with E-state index in [1.807, 2.05) is 12.1 Å². The highest BCUT2D eigenvalue weighted by Gasteiger charge is 2.12. The van der Waals surface area contributed by atoms with Crippen molar-refractivity contribution in [3.8, 4) is 6.07 Å². The van der Waals surface area contributed by atoms with E-state index in [2.05, 4.69) is 13.0 Å². The highest BCUT2D eigenvalue weighted by molar-refractivity contribution is 5.33. The molecule has 0 saturated carbocycles. The molecule has 2 rings (SSSR count). The van der Waals surface area contributed by atoms with Gasteiger partial charge in [-0.25, -0.2) is 4.39 Å². The van der Waals surface area contributed by atoms with E-state index in [4.69, 9.17) is 5.26 Å². The van der Waals surface area contributed by atoms with Crippen LogP contribution in [0.3, 0.4) is 0 Å². The Balaban J connectivity index is 1.91. The lowest BCUT2D eigenvalue weighted by atomic mass is 9.86.